The summed E-state index contributed by atoms with van der Waals surface area (Å²) >= 11 is 0. The van der Waals surface area contributed by atoms with Crippen LogP contribution in [0.15, 0.2) is 54.6 Å². The molecule has 0 saturated carbocycles. The van der Waals surface area contributed by atoms with E-state index in [4.69, 9.17) is 5.11 Å². The first kappa shape index (κ1) is 13.0. The molecule has 0 aliphatic heterocycles. The van der Waals surface area contributed by atoms with Gasteiger partial charge in [0, 0.05) is 0 Å². The zero-order valence-corrected chi connectivity index (χ0v) is 10.1. The molecule has 0 aliphatic carbocycles. The van der Waals surface area contributed by atoms with E-state index in [1.807, 2.05) is 0 Å². The highest BCUT2D eigenvalue weighted by Crippen LogP contribution is 2.02. The maximum Gasteiger partial charge on any atom is 0.335 e. The first-order valence-corrected chi connectivity index (χ1v) is 5.42. The van der Waals surface area contributed by atoms with E-state index >= 15 is 0 Å². The van der Waals surface area contributed by atoms with Gasteiger partial charge in [-0.05, 0) is 37.1 Å². The van der Waals surface area contributed by atoms with E-state index in [1.54, 1.807) is 30.3 Å². The lowest BCUT2D eigenvalue weighted by atomic mass is 10.1. The van der Waals surface area contributed by atoms with Gasteiger partial charge in [0.25, 0.3) is 0 Å². The summed E-state index contributed by atoms with van der Waals surface area (Å²) in [4.78, 5) is 10.2. The topological polar surface area (TPSA) is 37.3 Å². The zero-order valence-electron chi connectivity index (χ0n) is 10.1. The third-order valence-corrected chi connectivity index (χ3v) is 2.45. The standard InChI is InChI=1S/C8H10.C7H6O2/c1-7-5-3-4-6-8(7)2;8-7(9)6-4-2-1-3-5-6/h3-6H,1-2H3;1-5H,(H,8,9). The molecule has 0 radical (unpaired) electrons. The van der Waals surface area contributed by atoms with Gasteiger partial charge in [0.1, 0.15) is 0 Å². The van der Waals surface area contributed by atoms with Crippen LogP contribution >= 0.6 is 0 Å². The first-order chi connectivity index (χ1) is 8.11. The minimum Gasteiger partial charge on any atom is -0.478 e. The quantitative estimate of drug-likeness (QED) is 0.808. The van der Waals surface area contributed by atoms with E-state index in [1.165, 1.54) is 11.1 Å². The molecule has 88 valence electrons. The van der Waals surface area contributed by atoms with Crippen molar-refractivity contribution in [3.63, 3.8) is 0 Å². The number of aryl methyl sites for hydroxylation is 2. The highest BCUT2D eigenvalue weighted by atomic mass is 16.4. The first-order valence-electron chi connectivity index (χ1n) is 5.42. The van der Waals surface area contributed by atoms with Crippen LogP contribution in [0.25, 0.3) is 0 Å². The molecule has 0 aliphatic rings. The van der Waals surface area contributed by atoms with Crippen LogP contribution in [-0.2, 0) is 0 Å². The fourth-order valence-electron chi connectivity index (χ4n) is 1.24. The molecule has 0 saturated heterocycles. The number of hydrogen-bond acceptors (Lipinski definition) is 1. The molecule has 2 heteroatoms. The normalized spacial score (nSPS) is 9.06. The van der Waals surface area contributed by atoms with Crippen molar-refractivity contribution in [3.8, 4) is 0 Å². The summed E-state index contributed by atoms with van der Waals surface area (Å²) in [7, 11) is 0. The summed E-state index contributed by atoms with van der Waals surface area (Å²) in [5.41, 5.74) is 3.07. The van der Waals surface area contributed by atoms with Crippen LogP contribution in [0.4, 0.5) is 0 Å². The van der Waals surface area contributed by atoms with Crippen LogP contribution in [0, 0.1) is 13.8 Å². The van der Waals surface area contributed by atoms with Gasteiger partial charge in [-0.1, -0.05) is 42.5 Å². The summed E-state index contributed by atoms with van der Waals surface area (Å²) < 4.78 is 0. The molecular formula is C15H16O2. The summed E-state index contributed by atoms with van der Waals surface area (Å²) in [6, 6.07) is 16.7. The Labute approximate surface area is 102 Å². The monoisotopic (exact) mass is 228 g/mol. The van der Waals surface area contributed by atoms with Gasteiger partial charge in [-0.2, -0.15) is 0 Å². The van der Waals surface area contributed by atoms with Crippen LogP contribution in [0.3, 0.4) is 0 Å². The number of hydrogen-bond donors (Lipinski definition) is 1. The van der Waals surface area contributed by atoms with E-state index in [0.29, 0.717) is 5.56 Å². The van der Waals surface area contributed by atoms with Crippen LogP contribution in [0.5, 0.6) is 0 Å². The number of carboxylic acids is 1. The third-order valence-electron chi connectivity index (χ3n) is 2.45. The molecule has 2 nitrogen and oxygen atoms in total. The molecule has 0 unspecified atom stereocenters. The van der Waals surface area contributed by atoms with Crippen molar-refractivity contribution in [1.82, 2.24) is 0 Å². The van der Waals surface area contributed by atoms with Crippen molar-refractivity contribution in [2.45, 2.75) is 13.8 Å². The van der Waals surface area contributed by atoms with Gasteiger partial charge in [0.05, 0.1) is 5.56 Å². The number of carbonyl (C=O) groups is 1. The van der Waals surface area contributed by atoms with E-state index in [-0.39, 0.29) is 0 Å². The van der Waals surface area contributed by atoms with Gasteiger partial charge in [-0.25, -0.2) is 4.79 Å². The molecular weight excluding hydrogens is 212 g/mol. The molecule has 17 heavy (non-hydrogen) atoms. The lowest BCUT2D eigenvalue weighted by molar-refractivity contribution is 0.0697. The van der Waals surface area contributed by atoms with Crippen molar-refractivity contribution in [3.05, 3.63) is 71.3 Å². The minimum atomic E-state index is -0.879. The number of carboxylic acid groups (broad SMARTS) is 1. The van der Waals surface area contributed by atoms with Gasteiger partial charge in [0.15, 0.2) is 0 Å². The second-order valence-corrected chi connectivity index (χ2v) is 3.76. The van der Waals surface area contributed by atoms with Crippen LogP contribution in [-0.4, -0.2) is 11.1 Å². The average molecular weight is 228 g/mol. The Hall–Kier alpha value is -2.09. The second kappa shape index (κ2) is 6.48. The van der Waals surface area contributed by atoms with Gasteiger partial charge < -0.3 is 5.11 Å². The summed E-state index contributed by atoms with van der Waals surface area (Å²) in [6.07, 6.45) is 0. The van der Waals surface area contributed by atoms with Crippen LogP contribution < -0.4 is 0 Å². The number of rotatable bonds is 1. The molecule has 0 fully saturated rings. The SMILES string of the molecule is Cc1ccccc1C.O=C(O)c1ccccc1. The largest absolute Gasteiger partial charge is 0.478 e. The molecule has 2 aromatic rings. The summed E-state index contributed by atoms with van der Waals surface area (Å²) in [6.45, 7) is 4.24. The van der Waals surface area contributed by atoms with Crippen molar-refractivity contribution in [2.75, 3.05) is 0 Å². The Morgan fingerprint density at radius 2 is 1.24 bits per heavy atom. The van der Waals surface area contributed by atoms with E-state index in [2.05, 4.69) is 38.1 Å². The Kier molecular flexibility index (Phi) is 4.95. The fourth-order valence-corrected chi connectivity index (χ4v) is 1.24. The summed E-state index contributed by atoms with van der Waals surface area (Å²) in [5, 5.41) is 8.38. The maximum absolute atomic E-state index is 10.2. The van der Waals surface area contributed by atoms with Gasteiger partial charge in [-0.15, -0.1) is 0 Å². The molecule has 0 atom stereocenters. The lowest BCUT2D eigenvalue weighted by Crippen LogP contribution is -1.93. The maximum atomic E-state index is 10.2. The van der Waals surface area contributed by atoms with Crippen LogP contribution in [0.2, 0.25) is 0 Å². The molecule has 0 amide bonds. The van der Waals surface area contributed by atoms with E-state index in [9.17, 15) is 4.79 Å². The highest BCUT2D eigenvalue weighted by Gasteiger charge is 1.96. The number of aromatic carboxylic acids is 1. The molecule has 0 bridgehead atoms. The Morgan fingerprint density at radius 1 is 0.824 bits per heavy atom. The molecule has 0 spiro atoms. The molecule has 1 N–H and O–H groups in total. The molecule has 0 heterocycles. The van der Waals surface area contributed by atoms with Gasteiger partial charge in [0.2, 0.25) is 0 Å². The van der Waals surface area contributed by atoms with Gasteiger partial charge >= 0.3 is 5.97 Å². The third kappa shape index (κ3) is 4.51. The van der Waals surface area contributed by atoms with Crippen molar-refractivity contribution in [2.24, 2.45) is 0 Å². The highest BCUT2D eigenvalue weighted by molar-refractivity contribution is 5.87. The molecule has 2 rings (SSSR count). The van der Waals surface area contributed by atoms with Crippen molar-refractivity contribution < 1.29 is 9.90 Å². The Bertz CT molecular complexity index is 454. The fraction of sp³-hybridized carbons (Fsp3) is 0.133. The van der Waals surface area contributed by atoms with E-state index < -0.39 is 5.97 Å². The van der Waals surface area contributed by atoms with Crippen molar-refractivity contribution >= 4 is 5.97 Å². The van der Waals surface area contributed by atoms with Crippen LogP contribution in [0.1, 0.15) is 21.5 Å². The Balaban J connectivity index is 0.000000171. The predicted octanol–water partition coefficient (Wildman–Crippen LogP) is 3.69. The zero-order chi connectivity index (χ0) is 12.7. The molecule has 2 aromatic carbocycles. The number of benzene rings is 2. The summed E-state index contributed by atoms with van der Waals surface area (Å²) in [5.74, 6) is -0.879. The van der Waals surface area contributed by atoms with Crippen molar-refractivity contribution in [1.29, 1.82) is 0 Å². The smallest absolute Gasteiger partial charge is 0.335 e. The predicted molar refractivity (Wildman–Crippen MR) is 69.3 cm³/mol. The Morgan fingerprint density at radius 3 is 1.53 bits per heavy atom. The lowest BCUT2D eigenvalue weighted by Gasteiger charge is -1.93. The second-order valence-electron chi connectivity index (χ2n) is 3.76. The minimum absolute atomic E-state index is 0.331. The average Bonchev–Trinajstić information content (AvgIpc) is 2.35. The van der Waals surface area contributed by atoms with E-state index in [0.717, 1.165) is 0 Å². The molecule has 0 aromatic heterocycles. The van der Waals surface area contributed by atoms with Gasteiger partial charge in [-0.3, -0.25) is 0 Å².